The molecule has 0 aromatic carbocycles. The zero-order valence-corrected chi connectivity index (χ0v) is 13.9. The molecule has 1 N–H and O–H groups in total. The maximum atomic E-state index is 12.8. The molecule has 0 spiro atoms. The number of nitrogens with zero attached hydrogens (tertiary/aromatic N) is 2. The maximum Gasteiger partial charge on any atom is 0.241 e. The molecule has 0 radical (unpaired) electrons. The van der Waals surface area contributed by atoms with Crippen LogP contribution < -0.4 is 5.32 Å². The quantitative estimate of drug-likeness (QED) is 0.931. The van der Waals surface area contributed by atoms with Crippen molar-refractivity contribution in [1.82, 2.24) is 15.1 Å². The Bertz CT molecular complexity index is 490. The van der Waals surface area contributed by atoms with Gasteiger partial charge in [-0.25, -0.2) is 0 Å². The third kappa shape index (κ3) is 2.74. The molecule has 4 atom stereocenters. The zero-order valence-electron chi connectivity index (χ0n) is 13.1. The van der Waals surface area contributed by atoms with Crippen molar-refractivity contribution in [2.75, 3.05) is 13.6 Å². The van der Waals surface area contributed by atoms with Gasteiger partial charge in [0.05, 0.1) is 6.04 Å². The highest BCUT2D eigenvalue weighted by atomic mass is 32.1. The number of carbonyl (C=O) groups is 1. The lowest BCUT2D eigenvalue weighted by Gasteiger charge is -2.41. The fraction of sp³-hybridized carbons (Fsp3) is 0.688. The molecule has 5 heteroatoms. The van der Waals surface area contributed by atoms with Crippen molar-refractivity contribution in [3.8, 4) is 0 Å². The van der Waals surface area contributed by atoms with Crippen LogP contribution in [0.5, 0.6) is 0 Å². The van der Waals surface area contributed by atoms with Crippen LogP contribution in [0.4, 0.5) is 0 Å². The smallest absolute Gasteiger partial charge is 0.241 e. The highest BCUT2D eigenvalue weighted by Crippen LogP contribution is 2.34. The summed E-state index contributed by atoms with van der Waals surface area (Å²) in [6.45, 7) is 5.42. The summed E-state index contributed by atoms with van der Waals surface area (Å²) < 4.78 is 0. The molecular weight excluding hydrogens is 282 g/mol. The summed E-state index contributed by atoms with van der Waals surface area (Å²) in [4.78, 5) is 17.3. The molecule has 21 heavy (non-hydrogen) atoms. The minimum atomic E-state index is -0.0233. The second kappa shape index (κ2) is 6.07. The van der Waals surface area contributed by atoms with E-state index in [1.54, 1.807) is 11.3 Å². The van der Waals surface area contributed by atoms with Crippen LogP contribution in [0.25, 0.3) is 0 Å². The van der Waals surface area contributed by atoms with Crippen molar-refractivity contribution in [2.24, 2.45) is 0 Å². The number of rotatable bonds is 3. The van der Waals surface area contributed by atoms with Crippen molar-refractivity contribution in [3.05, 3.63) is 22.4 Å². The number of amides is 1. The molecule has 1 aromatic heterocycles. The number of carbonyl (C=O) groups excluding carboxylic acids is 1. The highest BCUT2D eigenvalue weighted by molar-refractivity contribution is 7.07. The minimum Gasteiger partial charge on any atom is -0.318 e. The van der Waals surface area contributed by atoms with E-state index in [9.17, 15) is 4.79 Å². The third-order valence-corrected chi connectivity index (χ3v) is 5.73. The Hall–Kier alpha value is -0.910. The molecule has 0 aliphatic carbocycles. The number of nitrogens with one attached hydrogen (secondary N) is 1. The van der Waals surface area contributed by atoms with Crippen LogP contribution in [-0.4, -0.2) is 47.4 Å². The van der Waals surface area contributed by atoms with E-state index < -0.39 is 0 Å². The molecule has 3 heterocycles. The predicted octanol–water partition coefficient (Wildman–Crippen LogP) is 2.44. The number of piperidine rings is 1. The summed E-state index contributed by atoms with van der Waals surface area (Å²) >= 11 is 1.70. The van der Waals surface area contributed by atoms with E-state index in [0.717, 1.165) is 25.8 Å². The van der Waals surface area contributed by atoms with Crippen molar-refractivity contribution in [3.63, 3.8) is 0 Å². The summed E-state index contributed by atoms with van der Waals surface area (Å²) in [6.07, 6.45) is 3.07. The van der Waals surface area contributed by atoms with Crippen LogP contribution in [0.2, 0.25) is 0 Å². The van der Waals surface area contributed by atoms with Gasteiger partial charge in [-0.3, -0.25) is 10.1 Å². The molecule has 0 bridgehead atoms. The largest absolute Gasteiger partial charge is 0.318 e. The predicted molar refractivity (Wildman–Crippen MR) is 86.2 cm³/mol. The van der Waals surface area contributed by atoms with Crippen LogP contribution >= 0.6 is 11.3 Å². The molecule has 2 fully saturated rings. The van der Waals surface area contributed by atoms with Crippen LogP contribution in [0.1, 0.15) is 44.8 Å². The first kappa shape index (κ1) is 15.0. The van der Waals surface area contributed by atoms with Crippen LogP contribution in [0.3, 0.4) is 0 Å². The molecule has 4 nitrogen and oxygen atoms in total. The van der Waals surface area contributed by atoms with Crippen molar-refractivity contribution < 1.29 is 4.79 Å². The van der Waals surface area contributed by atoms with Gasteiger partial charge in [-0.1, -0.05) is 6.92 Å². The first-order valence-corrected chi connectivity index (χ1v) is 8.86. The van der Waals surface area contributed by atoms with Crippen LogP contribution in [-0.2, 0) is 4.79 Å². The van der Waals surface area contributed by atoms with Crippen molar-refractivity contribution >= 4 is 17.2 Å². The number of hydrogen-bond acceptors (Lipinski definition) is 4. The van der Waals surface area contributed by atoms with Gasteiger partial charge in [0.1, 0.15) is 6.17 Å². The molecule has 2 saturated heterocycles. The Morgan fingerprint density at radius 2 is 2.29 bits per heavy atom. The Balaban J connectivity index is 1.84. The van der Waals surface area contributed by atoms with E-state index in [0.29, 0.717) is 12.1 Å². The molecule has 1 aromatic rings. The van der Waals surface area contributed by atoms with E-state index in [1.807, 2.05) is 0 Å². The lowest BCUT2D eigenvalue weighted by molar-refractivity contribution is -0.133. The van der Waals surface area contributed by atoms with Gasteiger partial charge in [-0.15, -0.1) is 0 Å². The summed E-state index contributed by atoms with van der Waals surface area (Å²) in [5.74, 6) is 0.287. The van der Waals surface area contributed by atoms with Gasteiger partial charge in [-0.05, 0) is 55.6 Å². The Morgan fingerprint density at radius 1 is 1.48 bits per heavy atom. The summed E-state index contributed by atoms with van der Waals surface area (Å²) in [7, 11) is 2.18. The van der Waals surface area contributed by atoms with E-state index in [2.05, 4.69) is 52.8 Å². The number of hydrogen-bond donors (Lipinski definition) is 1. The fourth-order valence-electron chi connectivity index (χ4n) is 3.54. The minimum absolute atomic E-state index is 0.0233. The zero-order chi connectivity index (χ0) is 15.0. The van der Waals surface area contributed by atoms with Gasteiger partial charge >= 0.3 is 0 Å². The Labute approximate surface area is 131 Å². The van der Waals surface area contributed by atoms with E-state index >= 15 is 0 Å². The monoisotopic (exact) mass is 307 g/mol. The van der Waals surface area contributed by atoms with Crippen molar-refractivity contribution in [1.29, 1.82) is 0 Å². The van der Waals surface area contributed by atoms with Gasteiger partial charge in [0.15, 0.2) is 0 Å². The van der Waals surface area contributed by atoms with Crippen LogP contribution in [0.15, 0.2) is 16.8 Å². The lowest BCUT2D eigenvalue weighted by atomic mass is 9.96. The topological polar surface area (TPSA) is 35.6 Å². The normalized spacial score (nSPS) is 34.6. The van der Waals surface area contributed by atoms with Gasteiger partial charge in [0.25, 0.3) is 0 Å². The van der Waals surface area contributed by atoms with Gasteiger partial charge < -0.3 is 9.80 Å². The van der Waals surface area contributed by atoms with Gasteiger partial charge in [-0.2, -0.15) is 11.3 Å². The highest BCUT2D eigenvalue weighted by Gasteiger charge is 2.43. The molecule has 2 aliphatic rings. The average molecular weight is 307 g/mol. The number of likely N-dealkylation sites (tertiary alicyclic amines) is 1. The van der Waals surface area contributed by atoms with Gasteiger partial charge in [0.2, 0.25) is 5.91 Å². The maximum absolute atomic E-state index is 12.8. The SMILES string of the molecule is CCC1NC(c2ccsc2)N(C2CCN(C)C(C)C2)C1=O. The molecule has 4 unspecified atom stereocenters. The molecule has 116 valence electrons. The van der Waals surface area contributed by atoms with E-state index in [-0.39, 0.29) is 18.1 Å². The molecule has 3 rings (SSSR count). The molecule has 0 saturated carbocycles. The second-order valence-corrected chi connectivity index (χ2v) is 7.12. The fourth-order valence-corrected chi connectivity index (χ4v) is 4.22. The molecular formula is C16H25N3OS. The van der Waals surface area contributed by atoms with Crippen LogP contribution in [0, 0.1) is 0 Å². The second-order valence-electron chi connectivity index (χ2n) is 6.34. The lowest BCUT2D eigenvalue weighted by Crippen LogP contribution is -2.49. The molecule has 2 aliphatic heterocycles. The number of thiophene rings is 1. The van der Waals surface area contributed by atoms with Gasteiger partial charge in [0, 0.05) is 18.6 Å². The first-order chi connectivity index (χ1) is 10.1. The van der Waals surface area contributed by atoms with E-state index in [4.69, 9.17) is 0 Å². The van der Waals surface area contributed by atoms with Crippen molar-refractivity contribution in [2.45, 2.75) is 57.4 Å². The Morgan fingerprint density at radius 3 is 2.90 bits per heavy atom. The standard InChI is InChI=1S/C16H25N3OS/c1-4-14-16(20)19(13-5-7-18(3)11(2)9-13)15(17-14)12-6-8-21-10-12/h6,8,10-11,13-15,17H,4-5,7,9H2,1-3H3. The molecule has 1 amide bonds. The first-order valence-electron chi connectivity index (χ1n) is 7.92. The summed E-state index contributed by atoms with van der Waals surface area (Å²) in [6, 6.07) is 3.02. The third-order valence-electron chi connectivity index (χ3n) is 5.03. The van der Waals surface area contributed by atoms with E-state index in [1.165, 1.54) is 5.56 Å². The summed E-state index contributed by atoms with van der Waals surface area (Å²) in [5, 5.41) is 7.79. The Kier molecular flexibility index (Phi) is 4.33. The average Bonchev–Trinajstić information content (AvgIpc) is 3.09. The summed E-state index contributed by atoms with van der Waals surface area (Å²) in [5.41, 5.74) is 1.23.